The van der Waals surface area contributed by atoms with Gasteiger partial charge in [-0.05, 0) is 19.8 Å². The van der Waals surface area contributed by atoms with Crippen LogP contribution < -0.4 is 5.32 Å². The molecule has 0 radical (unpaired) electrons. The van der Waals surface area contributed by atoms with Crippen molar-refractivity contribution in [3.8, 4) is 6.07 Å². The lowest BCUT2D eigenvalue weighted by atomic mass is 9.96. The van der Waals surface area contributed by atoms with Gasteiger partial charge in [0.2, 0.25) is 5.91 Å². The SMILES string of the molecule is C[C@H](C#N)C[C@@H]1CCNC1=O. The summed E-state index contributed by atoms with van der Waals surface area (Å²) in [6, 6.07) is 2.13. The summed E-state index contributed by atoms with van der Waals surface area (Å²) >= 11 is 0. The van der Waals surface area contributed by atoms with Crippen LogP contribution in [0.2, 0.25) is 0 Å². The first-order chi connectivity index (χ1) is 5.24. The zero-order chi connectivity index (χ0) is 8.27. The Morgan fingerprint density at radius 2 is 2.64 bits per heavy atom. The highest BCUT2D eigenvalue weighted by Gasteiger charge is 2.25. The molecule has 1 fully saturated rings. The van der Waals surface area contributed by atoms with Gasteiger partial charge in [-0.2, -0.15) is 5.26 Å². The summed E-state index contributed by atoms with van der Waals surface area (Å²) in [6.45, 7) is 2.63. The number of hydrogen-bond acceptors (Lipinski definition) is 2. The highest BCUT2D eigenvalue weighted by Crippen LogP contribution is 2.18. The van der Waals surface area contributed by atoms with Gasteiger partial charge in [0.25, 0.3) is 0 Å². The second-order valence-electron chi connectivity index (χ2n) is 3.04. The van der Waals surface area contributed by atoms with E-state index < -0.39 is 0 Å². The van der Waals surface area contributed by atoms with Gasteiger partial charge < -0.3 is 5.32 Å². The van der Waals surface area contributed by atoms with E-state index in [4.69, 9.17) is 5.26 Å². The Kier molecular flexibility index (Phi) is 2.48. The molecule has 3 heteroatoms. The van der Waals surface area contributed by atoms with Gasteiger partial charge in [-0.25, -0.2) is 0 Å². The number of nitriles is 1. The van der Waals surface area contributed by atoms with Crippen LogP contribution in [0.4, 0.5) is 0 Å². The minimum Gasteiger partial charge on any atom is -0.356 e. The largest absolute Gasteiger partial charge is 0.356 e. The van der Waals surface area contributed by atoms with Gasteiger partial charge in [0, 0.05) is 18.4 Å². The van der Waals surface area contributed by atoms with Crippen molar-refractivity contribution in [2.45, 2.75) is 19.8 Å². The zero-order valence-electron chi connectivity index (χ0n) is 6.63. The van der Waals surface area contributed by atoms with Crippen molar-refractivity contribution in [3.63, 3.8) is 0 Å². The van der Waals surface area contributed by atoms with Crippen molar-refractivity contribution in [2.75, 3.05) is 6.54 Å². The molecule has 2 atom stereocenters. The number of hydrogen-bond donors (Lipinski definition) is 1. The predicted molar refractivity (Wildman–Crippen MR) is 40.5 cm³/mol. The van der Waals surface area contributed by atoms with Crippen molar-refractivity contribution in [2.24, 2.45) is 11.8 Å². The average Bonchev–Trinajstić information content (AvgIpc) is 2.37. The molecule has 11 heavy (non-hydrogen) atoms. The molecule has 1 N–H and O–H groups in total. The molecule has 3 nitrogen and oxygen atoms in total. The van der Waals surface area contributed by atoms with Crippen molar-refractivity contribution in [1.29, 1.82) is 5.26 Å². The summed E-state index contributed by atoms with van der Waals surface area (Å²) in [6.07, 6.45) is 1.60. The number of carbonyl (C=O) groups excluding carboxylic acids is 1. The van der Waals surface area contributed by atoms with Gasteiger partial charge in [0.1, 0.15) is 0 Å². The van der Waals surface area contributed by atoms with Gasteiger partial charge in [0.05, 0.1) is 6.07 Å². The lowest BCUT2D eigenvalue weighted by Gasteiger charge is -2.06. The molecular weight excluding hydrogens is 140 g/mol. The first-order valence-corrected chi connectivity index (χ1v) is 3.91. The first kappa shape index (κ1) is 8.06. The molecule has 0 unspecified atom stereocenters. The van der Waals surface area contributed by atoms with Crippen LogP contribution in [-0.2, 0) is 4.79 Å². The Labute approximate surface area is 66.4 Å². The van der Waals surface area contributed by atoms with Crippen molar-refractivity contribution >= 4 is 5.91 Å². The fraction of sp³-hybridized carbons (Fsp3) is 0.750. The van der Waals surface area contributed by atoms with Crippen molar-refractivity contribution in [3.05, 3.63) is 0 Å². The quantitative estimate of drug-likeness (QED) is 0.632. The summed E-state index contributed by atoms with van der Waals surface area (Å²) in [7, 11) is 0. The highest BCUT2D eigenvalue weighted by atomic mass is 16.2. The lowest BCUT2D eigenvalue weighted by molar-refractivity contribution is -0.122. The predicted octanol–water partition coefficient (Wildman–Crippen LogP) is 0.672. The molecule has 0 spiro atoms. The van der Waals surface area contributed by atoms with E-state index in [1.165, 1.54) is 0 Å². The summed E-state index contributed by atoms with van der Waals surface area (Å²) in [4.78, 5) is 11.0. The molecular formula is C8H12N2O. The minimum absolute atomic E-state index is 0.00356. The van der Waals surface area contributed by atoms with Crippen LogP contribution in [-0.4, -0.2) is 12.5 Å². The summed E-state index contributed by atoms with van der Waals surface area (Å²) < 4.78 is 0. The normalized spacial score (nSPS) is 25.8. The minimum atomic E-state index is 0.00356. The number of nitrogens with one attached hydrogen (secondary N) is 1. The number of amides is 1. The van der Waals surface area contributed by atoms with Crippen LogP contribution in [0.5, 0.6) is 0 Å². The van der Waals surface area contributed by atoms with Crippen molar-refractivity contribution in [1.82, 2.24) is 5.32 Å². The summed E-state index contributed by atoms with van der Waals surface area (Å²) in [5, 5.41) is 11.3. The van der Waals surface area contributed by atoms with Gasteiger partial charge in [0.15, 0.2) is 0 Å². The standard InChI is InChI=1S/C8H12N2O/c1-6(5-9)4-7-2-3-10-8(7)11/h6-7H,2-4H2,1H3,(H,10,11)/t6-,7-/m0/s1. The van der Waals surface area contributed by atoms with E-state index in [9.17, 15) is 4.79 Å². The molecule has 1 rings (SSSR count). The van der Waals surface area contributed by atoms with Gasteiger partial charge >= 0.3 is 0 Å². The summed E-state index contributed by atoms with van der Waals surface area (Å²) in [5.74, 6) is 0.209. The second kappa shape index (κ2) is 3.38. The molecule has 1 amide bonds. The maximum Gasteiger partial charge on any atom is 0.223 e. The van der Waals surface area contributed by atoms with Crippen LogP contribution in [0.25, 0.3) is 0 Å². The summed E-state index contributed by atoms with van der Waals surface area (Å²) in [5.41, 5.74) is 0. The van der Waals surface area contributed by atoms with Gasteiger partial charge in [-0.3, -0.25) is 4.79 Å². The van der Waals surface area contributed by atoms with Gasteiger partial charge in [-0.15, -0.1) is 0 Å². The molecule has 0 aromatic carbocycles. The third-order valence-electron chi connectivity index (χ3n) is 2.02. The molecule has 0 aromatic heterocycles. The molecule has 0 aliphatic carbocycles. The molecule has 0 bridgehead atoms. The molecule has 1 aliphatic rings. The third-order valence-corrected chi connectivity index (χ3v) is 2.02. The van der Waals surface area contributed by atoms with E-state index in [0.717, 1.165) is 13.0 Å². The topological polar surface area (TPSA) is 52.9 Å². The van der Waals surface area contributed by atoms with Crippen LogP contribution in [0, 0.1) is 23.2 Å². The Morgan fingerprint density at radius 3 is 3.09 bits per heavy atom. The van der Waals surface area contributed by atoms with Crippen LogP contribution >= 0.6 is 0 Å². The Hall–Kier alpha value is -1.04. The van der Waals surface area contributed by atoms with E-state index in [-0.39, 0.29) is 17.7 Å². The Balaban J connectivity index is 2.38. The van der Waals surface area contributed by atoms with E-state index in [2.05, 4.69) is 11.4 Å². The zero-order valence-corrected chi connectivity index (χ0v) is 6.63. The Morgan fingerprint density at radius 1 is 1.91 bits per heavy atom. The maximum atomic E-state index is 11.0. The van der Waals surface area contributed by atoms with E-state index in [0.29, 0.717) is 6.42 Å². The molecule has 1 saturated heterocycles. The highest BCUT2D eigenvalue weighted by molar-refractivity contribution is 5.80. The monoisotopic (exact) mass is 152 g/mol. The number of nitrogens with zero attached hydrogens (tertiary/aromatic N) is 1. The molecule has 60 valence electrons. The molecule has 1 aliphatic heterocycles. The van der Waals surface area contributed by atoms with E-state index >= 15 is 0 Å². The van der Waals surface area contributed by atoms with Crippen LogP contribution in [0.15, 0.2) is 0 Å². The fourth-order valence-electron chi connectivity index (χ4n) is 1.35. The number of carbonyl (C=O) groups is 1. The second-order valence-corrected chi connectivity index (χ2v) is 3.04. The lowest BCUT2D eigenvalue weighted by Crippen LogP contribution is -2.20. The van der Waals surface area contributed by atoms with Gasteiger partial charge in [-0.1, -0.05) is 0 Å². The number of rotatable bonds is 2. The fourth-order valence-corrected chi connectivity index (χ4v) is 1.35. The first-order valence-electron chi connectivity index (χ1n) is 3.91. The van der Waals surface area contributed by atoms with Crippen LogP contribution in [0.3, 0.4) is 0 Å². The average molecular weight is 152 g/mol. The van der Waals surface area contributed by atoms with E-state index in [1.807, 2.05) is 6.92 Å². The molecule has 0 saturated carbocycles. The smallest absolute Gasteiger partial charge is 0.223 e. The van der Waals surface area contributed by atoms with E-state index in [1.54, 1.807) is 0 Å². The molecule has 0 aromatic rings. The van der Waals surface area contributed by atoms with Crippen molar-refractivity contribution < 1.29 is 4.79 Å². The third kappa shape index (κ3) is 1.94. The Bertz CT molecular complexity index is 195. The molecule has 1 heterocycles. The maximum absolute atomic E-state index is 11.0. The van der Waals surface area contributed by atoms with Crippen LogP contribution in [0.1, 0.15) is 19.8 Å².